The summed E-state index contributed by atoms with van der Waals surface area (Å²) in [4.78, 5) is 20.8. The number of carbonyl (C=O) groups excluding carboxylic acids is 1. The number of aromatic nitrogens is 1. The standard InChI is InChI=1S/C16H26N4O2/c1-4-16(22)18-14(11-21)13-6-5-7-15(17-13)20-9-8-19(3)12(2)10-20/h5-7,12,14,21H,4,8-11H2,1-3H3,(H,18,22)/t12-,14+/m0/s1. The number of aliphatic hydroxyl groups is 1. The van der Waals surface area contributed by atoms with E-state index in [9.17, 15) is 9.90 Å². The van der Waals surface area contributed by atoms with Crippen molar-refractivity contribution in [2.45, 2.75) is 32.4 Å². The zero-order chi connectivity index (χ0) is 16.1. The van der Waals surface area contributed by atoms with Crippen molar-refractivity contribution in [1.82, 2.24) is 15.2 Å². The van der Waals surface area contributed by atoms with Crippen molar-refractivity contribution in [2.24, 2.45) is 0 Å². The fraction of sp³-hybridized carbons (Fsp3) is 0.625. The largest absolute Gasteiger partial charge is 0.394 e. The molecule has 0 unspecified atom stereocenters. The number of hydrogen-bond acceptors (Lipinski definition) is 5. The molecule has 0 radical (unpaired) electrons. The van der Waals surface area contributed by atoms with Gasteiger partial charge in [-0.3, -0.25) is 4.79 Å². The Kier molecular flexibility index (Phi) is 5.74. The molecule has 1 fully saturated rings. The van der Waals surface area contributed by atoms with E-state index < -0.39 is 6.04 Å². The molecule has 2 N–H and O–H groups in total. The molecule has 122 valence electrons. The van der Waals surface area contributed by atoms with Crippen molar-refractivity contribution in [3.63, 3.8) is 0 Å². The highest BCUT2D eigenvalue weighted by Gasteiger charge is 2.22. The Morgan fingerprint density at radius 1 is 1.50 bits per heavy atom. The third kappa shape index (κ3) is 3.96. The molecule has 22 heavy (non-hydrogen) atoms. The van der Waals surface area contributed by atoms with E-state index in [1.54, 1.807) is 6.92 Å². The molecule has 2 heterocycles. The maximum Gasteiger partial charge on any atom is 0.220 e. The van der Waals surface area contributed by atoms with Gasteiger partial charge in [-0.1, -0.05) is 13.0 Å². The summed E-state index contributed by atoms with van der Waals surface area (Å²) in [6, 6.07) is 5.80. The van der Waals surface area contributed by atoms with Gasteiger partial charge < -0.3 is 20.2 Å². The summed E-state index contributed by atoms with van der Waals surface area (Å²) in [5.74, 6) is 0.820. The smallest absolute Gasteiger partial charge is 0.220 e. The lowest BCUT2D eigenvalue weighted by Gasteiger charge is -2.38. The molecular formula is C16H26N4O2. The fourth-order valence-electron chi connectivity index (χ4n) is 2.58. The van der Waals surface area contributed by atoms with Crippen LogP contribution in [0.25, 0.3) is 0 Å². The molecule has 0 saturated carbocycles. The summed E-state index contributed by atoms with van der Waals surface area (Å²) in [5, 5.41) is 12.3. The molecular weight excluding hydrogens is 280 g/mol. The van der Waals surface area contributed by atoms with Gasteiger partial charge in [-0.15, -0.1) is 0 Å². The molecule has 2 atom stereocenters. The third-order valence-corrected chi connectivity index (χ3v) is 4.24. The van der Waals surface area contributed by atoms with Gasteiger partial charge in [-0.2, -0.15) is 0 Å². The minimum Gasteiger partial charge on any atom is -0.394 e. The second-order valence-electron chi connectivity index (χ2n) is 5.85. The fourth-order valence-corrected chi connectivity index (χ4v) is 2.58. The van der Waals surface area contributed by atoms with Gasteiger partial charge in [-0.25, -0.2) is 4.98 Å². The minimum atomic E-state index is -0.447. The average Bonchev–Trinajstić information content (AvgIpc) is 2.55. The van der Waals surface area contributed by atoms with Crippen molar-refractivity contribution in [2.75, 3.05) is 38.2 Å². The van der Waals surface area contributed by atoms with Gasteiger partial charge in [0.2, 0.25) is 5.91 Å². The highest BCUT2D eigenvalue weighted by Crippen LogP contribution is 2.19. The number of pyridine rings is 1. The molecule has 1 aliphatic heterocycles. The van der Waals surface area contributed by atoms with Crippen LogP contribution < -0.4 is 10.2 Å². The Morgan fingerprint density at radius 2 is 2.27 bits per heavy atom. The maximum absolute atomic E-state index is 11.6. The van der Waals surface area contributed by atoms with Gasteiger partial charge >= 0.3 is 0 Å². The van der Waals surface area contributed by atoms with Crippen molar-refractivity contribution in [3.8, 4) is 0 Å². The monoisotopic (exact) mass is 306 g/mol. The van der Waals surface area contributed by atoms with Crippen LogP contribution in [0.4, 0.5) is 5.82 Å². The zero-order valence-electron chi connectivity index (χ0n) is 13.6. The average molecular weight is 306 g/mol. The van der Waals surface area contributed by atoms with Gasteiger partial charge in [0.1, 0.15) is 5.82 Å². The zero-order valence-corrected chi connectivity index (χ0v) is 13.6. The molecule has 1 aliphatic rings. The molecule has 0 spiro atoms. The third-order valence-electron chi connectivity index (χ3n) is 4.24. The van der Waals surface area contributed by atoms with E-state index in [-0.39, 0.29) is 12.5 Å². The molecule has 1 aromatic heterocycles. The summed E-state index contributed by atoms with van der Waals surface area (Å²) >= 11 is 0. The molecule has 1 saturated heterocycles. The van der Waals surface area contributed by atoms with E-state index in [1.807, 2.05) is 18.2 Å². The summed E-state index contributed by atoms with van der Waals surface area (Å²) in [6.45, 7) is 6.71. The van der Waals surface area contributed by atoms with Crippen molar-refractivity contribution >= 4 is 11.7 Å². The first-order chi connectivity index (χ1) is 10.5. The van der Waals surface area contributed by atoms with Crippen LogP contribution in [-0.4, -0.2) is 60.2 Å². The van der Waals surface area contributed by atoms with Crippen molar-refractivity contribution in [3.05, 3.63) is 23.9 Å². The van der Waals surface area contributed by atoms with Crippen LogP contribution in [0.1, 0.15) is 32.0 Å². The van der Waals surface area contributed by atoms with Crippen LogP contribution in [0, 0.1) is 0 Å². The predicted molar refractivity (Wildman–Crippen MR) is 86.8 cm³/mol. The van der Waals surface area contributed by atoms with Gasteiger partial charge in [0.15, 0.2) is 0 Å². The van der Waals surface area contributed by atoms with E-state index in [0.717, 1.165) is 25.5 Å². The quantitative estimate of drug-likeness (QED) is 0.841. The Hall–Kier alpha value is -1.66. The minimum absolute atomic E-state index is 0.0838. The number of nitrogens with one attached hydrogen (secondary N) is 1. The second-order valence-corrected chi connectivity index (χ2v) is 5.85. The van der Waals surface area contributed by atoms with Gasteiger partial charge in [-0.05, 0) is 26.1 Å². The summed E-state index contributed by atoms with van der Waals surface area (Å²) < 4.78 is 0. The van der Waals surface area contributed by atoms with Gasteiger partial charge in [0, 0.05) is 32.1 Å². The number of nitrogens with zero attached hydrogens (tertiary/aromatic N) is 3. The van der Waals surface area contributed by atoms with Crippen LogP contribution in [0.15, 0.2) is 18.2 Å². The van der Waals surface area contributed by atoms with Crippen LogP contribution in [-0.2, 0) is 4.79 Å². The van der Waals surface area contributed by atoms with E-state index in [1.165, 1.54) is 0 Å². The SMILES string of the molecule is CCC(=O)N[C@H](CO)c1cccc(N2CCN(C)[C@@H](C)C2)n1. The Labute approximate surface area is 132 Å². The Bertz CT molecular complexity index is 509. The summed E-state index contributed by atoms with van der Waals surface area (Å²) in [5.41, 5.74) is 0.702. The highest BCUT2D eigenvalue weighted by molar-refractivity contribution is 5.76. The predicted octanol–water partition coefficient (Wildman–Crippen LogP) is 0.781. The second kappa shape index (κ2) is 7.56. The molecule has 0 aromatic carbocycles. The molecule has 0 bridgehead atoms. The Balaban J connectivity index is 2.13. The molecule has 2 rings (SSSR count). The number of likely N-dealkylation sites (N-methyl/N-ethyl adjacent to an activating group) is 1. The number of aliphatic hydroxyl groups excluding tert-OH is 1. The van der Waals surface area contributed by atoms with Crippen LogP contribution in [0.2, 0.25) is 0 Å². The number of amides is 1. The lowest BCUT2D eigenvalue weighted by atomic mass is 10.1. The van der Waals surface area contributed by atoms with Crippen LogP contribution >= 0.6 is 0 Å². The first-order valence-electron chi connectivity index (χ1n) is 7.87. The molecule has 6 heteroatoms. The highest BCUT2D eigenvalue weighted by atomic mass is 16.3. The van der Waals surface area contributed by atoms with Gasteiger partial charge in [0.25, 0.3) is 0 Å². The first-order valence-corrected chi connectivity index (χ1v) is 7.87. The van der Waals surface area contributed by atoms with E-state index in [4.69, 9.17) is 0 Å². The number of rotatable bonds is 5. The summed E-state index contributed by atoms with van der Waals surface area (Å²) in [6.07, 6.45) is 0.395. The summed E-state index contributed by atoms with van der Waals surface area (Å²) in [7, 11) is 2.13. The van der Waals surface area contributed by atoms with E-state index in [0.29, 0.717) is 18.2 Å². The molecule has 1 aromatic rings. The topological polar surface area (TPSA) is 68.7 Å². The number of hydrogen-bond donors (Lipinski definition) is 2. The Morgan fingerprint density at radius 3 is 2.91 bits per heavy atom. The van der Waals surface area contributed by atoms with Crippen molar-refractivity contribution < 1.29 is 9.90 Å². The van der Waals surface area contributed by atoms with Crippen LogP contribution in [0.5, 0.6) is 0 Å². The van der Waals surface area contributed by atoms with Crippen LogP contribution in [0.3, 0.4) is 0 Å². The first kappa shape index (κ1) is 16.7. The number of piperazine rings is 1. The van der Waals surface area contributed by atoms with E-state index in [2.05, 4.69) is 34.1 Å². The number of anilines is 1. The van der Waals surface area contributed by atoms with E-state index >= 15 is 0 Å². The molecule has 0 aliphatic carbocycles. The lowest BCUT2D eigenvalue weighted by Crippen LogP contribution is -2.50. The van der Waals surface area contributed by atoms with Gasteiger partial charge in [0.05, 0.1) is 18.3 Å². The number of carbonyl (C=O) groups is 1. The maximum atomic E-state index is 11.6. The lowest BCUT2D eigenvalue weighted by molar-refractivity contribution is -0.121. The van der Waals surface area contributed by atoms with Crippen molar-refractivity contribution in [1.29, 1.82) is 0 Å². The molecule has 6 nitrogen and oxygen atoms in total. The molecule has 1 amide bonds. The normalized spacial score (nSPS) is 20.7.